The third kappa shape index (κ3) is 4.54. The Hall–Kier alpha value is -3.10. The van der Waals surface area contributed by atoms with Crippen molar-refractivity contribution >= 4 is 17.5 Å². The van der Waals surface area contributed by atoms with Gasteiger partial charge in [-0.15, -0.1) is 0 Å². The summed E-state index contributed by atoms with van der Waals surface area (Å²) >= 11 is 6.42. The average molecular weight is 470 g/mol. The first-order chi connectivity index (χ1) is 15.7. The van der Waals surface area contributed by atoms with E-state index >= 15 is 0 Å². The van der Waals surface area contributed by atoms with Crippen molar-refractivity contribution in [2.24, 2.45) is 0 Å². The van der Waals surface area contributed by atoms with Crippen LogP contribution < -0.4 is 5.56 Å². The lowest BCUT2D eigenvalue weighted by Crippen LogP contribution is -2.39. The highest BCUT2D eigenvalue weighted by Gasteiger charge is 2.31. The molecule has 1 aromatic carbocycles. The number of pyridine rings is 1. The van der Waals surface area contributed by atoms with Gasteiger partial charge in [0.1, 0.15) is 5.75 Å². The molecule has 0 radical (unpaired) electrons. The summed E-state index contributed by atoms with van der Waals surface area (Å²) in [6.07, 6.45) is 4.21. The van der Waals surface area contributed by atoms with Crippen molar-refractivity contribution in [2.75, 3.05) is 27.2 Å². The van der Waals surface area contributed by atoms with E-state index in [4.69, 9.17) is 11.6 Å². The predicted molar refractivity (Wildman–Crippen MR) is 128 cm³/mol. The number of aromatic nitrogens is 3. The molecule has 0 bridgehead atoms. The molecule has 33 heavy (non-hydrogen) atoms. The monoisotopic (exact) mass is 469 g/mol. The molecule has 0 unspecified atom stereocenters. The number of hydrogen-bond donors (Lipinski definition) is 2. The van der Waals surface area contributed by atoms with E-state index in [9.17, 15) is 14.7 Å². The lowest BCUT2D eigenvalue weighted by atomic mass is 9.90. The van der Waals surface area contributed by atoms with Crippen LogP contribution in [-0.4, -0.2) is 62.8 Å². The van der Waals surface area contributed by atoms with Gasteiger partial charge in [-0.2, -0.15) is 5.10 Å². The number of likely N-dealkylation sites (N-methyl/N-ethyl adjacent to an activating group) is 1. The first kappa shape index (κ1) is 23.1. The Balaban J connectivity index is 1.69. The predicted octanol–water partition coefficient (Wildman–Crippen LogP) is 2.97. The summed E-state index contributed by atoms with van der Waals surface area (Å²) < 4.78 is 1.84. The fraction of sp³-hybridized carbons (Fsp3) is 0.375. The SMILES string of the molecule is Cc1cc(C)c(CN2CCc3c(-c4cnn(CCN(C)C)c4)cc(O)c(Cl)c3C2=O)c(=O)[nH]1. The van der Waals surface area contributed by atoms with Gasteiger partial charge < -0.3 is 19.9 Å². The van der Waals surface area contributed by atoms with E-state index in [1.54, 1.807) is 17.2 Å². The van der Waals surface area contributed by atoms with E-state index in [-0.39, 0.29) is 28.8 Å². The van der Waals surface area contributed by atoms with Crippen LogP contribution in [0.3, 0.4) is 0 Å². The first-order valence-electron chi connectivity index (χ1n) is 10.9. The molecule has 2 aromatic heterocycles. The highest BCUT2D eigenvalue weighted by atomic mass is 35.5. The summed E-state index contributed by atoms with van der Waals surface area (Å²) in [6, 6.07) is 3.50. The Labute approximate surface area is 197 Å². The van der Waals surface area contributed by atoms with Crippen LogP contribution in [0.5, 0.6) is 5.75 Å². The average Bonchev–Trinajstić information content (AvgIpc) is 3.21. The van der Waals surface area contributed by atoms with Crippen LogP contribution in [0.2, 0.25) is 5.02 Å². The number of aryl methyl sites for hydroxylation is 2. The Morgan fingerprint density at radius 1 is 1.24 bits per heavy atom. The normalized spacial score (nSPS) is 13.6. The van der Waals surface area contributed by atoms with Gasteiger partial charge in [-0.05, 0) is 63.2 Å². The summed E-state index contributed by atoms with van der Waals surface area (Å²) in [7, 11) is 4.00. The number of aromatic hydroxyl groups is 1. The second-order valence-electron chi connectivity index (χ2n) is 8.83. The van der Waals surface area contributed by atoms with Gasteiger partial charge in [0.15, 0.2) is 0 Å². The number of fused-ring (bicyclic) bond motifs is 1. The van der Waals surface area contributed by atoms with Gasteiger partial charge in [0.25, 0.3) is 11.5 Å². The molecule has 2 N–H and O–H groups in total. The number of rotatable bonds is 6. The third-order valence-electron chi connectivity index (χ3n) is 6.05. The molecule has 1 aliphatic rings. The number of phenols is 1. The number of hydrogen-bond acceptors (Lipinski definition) is 5. The number of benzene rings is 1. The van der Waals surface area contributed by atoms with Crippen molar-refractivity contribution in [3.63, 3.8) is 0 Å². The van der Waals surface area contributed by atoms with Crippen LogP contribution in [-0.2, 0) is 19.5 Å². The number of aromatic amines is 1. The minimum Gasteiger partial charge on any atom is -0.506 e. The molecular formula is C24H28ClN5O3. The third-order valence-corrected chi connectivity index (χ3v) is 6.43. The van der Waals surface area contributed by atoms with E-state index in [1.807, 2.05) is 44.9 Å². The van der Waals surface area contributed by atoms with E-state index in [0.29, 0.717) is 24.1 Å². The molecular weight excluding hydrogens is 442 g/mol. The maximum atomic E-state index is 13.4. The van der Waals surface area contributed by atoms with Crippen LogP contribution in [0.15, 0.2) is 29.3 Å². The topological polar surface area (TPSA) is 94.5 Å². The number of amides is 1. The number of nitrogens with zero attached hydrogens (tertiary/aromatic N) is 4. The number of phenolic OH excluding ortho intramolecular Hbond substituents is 1. The van der Waals surface area contributed by atoms with Gasteiger partial charge in [0, 0.05) is 36.1 Å². The number of halogens is 1. The number of carbonyl (C=O) groups is 1. The first-order valence-corrected chi connectivity index (χ1v) is 11.2. The van der Waals surface area contributed by atoms with Gasteiger partial charge in [-0.1, -0.05) is 11.6 Å². The number of H-pyrrole nitrogens is 1. The molecule has 4 rings (SSSR count). The van der Waals surface area contributed by atoms with Gasteiger partial charge >= 0.3 is 0 Å². The molecule has 1 aliphatic heterocycles. The van der Waals surface area contributed by atoms with Crippen molar-refractivity contribution < 1.29 is 9.90 Å². The zero-order chi connectivity index (χ0) is 23.9. The Morgan fingerprint density at radius 3 is 2.70 bits per heavy atom. The molecule has 1 amide bonds. The highest BCUT2D eigenvalue weighted by molar-refractivity contribution is 6.35. The maximum absolute atomic E-state index is 13.4. The summed E-state index contributed by atoms with van der Waals surface area (Å²) in [6.45, 7) is 5.89. The standard InChI is InChI=1S/C24H28ClN5O3/c1-14-9-15(2)27-23(32)19(14)13-29-6-5-17-18(10-20(31)22(25)21(17)24(29)33)16-11-26-30(12-16)8-7-28(3)4/h9-12,31H,5-8,13H2,1-4H3,(H,27,32). The van der Waals surface area contributed by atoms with Crippen LogP contribution in [0, 0.1) is 13.8 Å². The summed E-state index contributed by atoms with van der Waals surface area (Å²) in [5.41, 5.74) is 4.63. The van der Waals surface area contributed by atoms with Crippen LogP contribution in [0.4, 0.5) is 0 Å². The van der Waals surface area contributed by atoms with Crippen molar-refractivity contribution in [1.82, 2.24) is 24.6 Å². The molecule has 3 aromatic rings. The molecule has 0 atom stereocenters. The second kappa shape index (κ2) is 9.03. The number of carbonyl (C=O) groups excluding carboxylic acids is 1. The zero-order valence-corrected chi connectivity index (χ0v) is 20.0. The molecule has 0 spiro atoms. The highest BCUT2D eigenvalue weighted by Crippen LogP contribution is 2.40. The minimum atomic E-state index is -0.294. The Kier molecular flexibility index (Phi) is 6.32. The Morgan fingerprint density at radius 2 is 2.00 bits per heavy atom. The quantitative estimate of drug-likeness (QED) is 0.578. The molecule has 0 saturated carbocycles. The van der Waals surface area contributed by atoms with Crippen molar-refractivity contribution in [3.8, 4) is 16.9 Å². The fourth-order valence-corrected chi connectivity index (χ4v) is 4.53. The molecule has 3 heterocycles. The van der Waals surface area contributed by atoms with Crippen molar-refractivity contribution in [3.05, 3.63) is 67.9 Å². The minimum absolute atomic E-state index is 0.0398. The van der Waals surface area contributed by atoms with Crippen LogP contribution >= 0.6 is 11.6 Å². The molecule has 9 heteroatoms. The number of nitrogens with one attached hydrogen (secondary N) is 1. The summed E-state index contributed by atoms with van der Waals surface area (Å²) in [4.78, 5) is 32.4. The second-order valence-corrected chi connectivity index (χ2v) is 9.20. The lowest BCUT2D eigenvalue weighted by Gasteiger charge is -2.31. The molecule has 0 fully saturated rings. The zero-order valence-electron chi connectivity index (χ0n) is 19.3. The largest absolute Gasteiger partial charge is 0.506 e. The maximum Gasteiger partial charge on any atom is 0.256 e. The van der Waals surface area contributed by atoms with E-state index in [1.165, 1.54) is 0 Å². The summed E-state index contributed by atoms with van der Waals surface area (Å²) in [5, 5.41) is 15.0. The van der Waals surface area contributed by atoms with Crippen molar-refractivity contribution in [1.29, 1.82) is 0 Å². The fourth-order valence-electron chi connectivity index (χ4n) is 4.28. The lowest BCUT2D eigenvalue weighted by molar-refractivity contribution is 0.0726. The molecule has 8 nitrogen and oxygen atoms in total. The van der Waals surface area contributed by atoms with E-state index in [0.717, 1.165) is 41.0 Å². The molecule has 0 saturated heterocycles. The van der Waals surface area contributed by atoms with Gasteiger partial charge in [-0.25, -0.2) is 0 Å². The van der Waals surface area contributed by atoms with E-state index in [2.05, 4.69) is 15.0 Å². The van der Waals surface area contributed by atoms with Crippen LogP contribution in [0.25, 0.3) is 11.1 Å². The van der Waals surface area contributed by atoms with Crippen LogP contribution in [0.1, 0.15) is 32.7 Å². The molecule has 0 aliphatic carbocycles. The van der Waals surface area contributed by atoms with Crippen molar-refractivity contribution in [2.45, 2.75) is 33.4 Å². The van der Waals surface area contributed by atoms with Gasteiger partial charge in [0.2, 0.25) is 0 Å². The van der Waals surface area contributed by atoms with E-state index < -0.39 is 0 Å². The van der Waals surface area contributed by atoms with Gasteiger partial charge in [-0.3, -0.25) is 14.3 Å². The Bertz CT molecular complexity index is 1280. The molecule has 174 valence electrons. The summed E-state index contributed by atoms with van der Waals surface area (Å²) in [5.74, 6) is -0.441. The van der Waals surface area contributed by atoms with Gasteiger partial charge in [0.05, 0.1) is 29.9 Å². The smallest absolute Gasteiger partial charge is 0.256 e.